The quantitative estimate of drug-likeness (QED) is 0.754. The second-order valence-corrected chi connectivity index (χ2v) is 5.07. The van der Waals surface area contributed by atoms with E-state index in [1.54, 1.807) is 31.2 Å². The Bertz CT molecular complexity index is 590. The minimum atomic E-state index is -0.525. The number of benzene rings is 2. The first kappa shape index (κ1) is 14.6. The van der Waals surface area contributed by atoms with Crippen LogP contribution in [-0.4, -0.2) is 11.9 Å². The van der Waals surface area contributed by atoms with Crippen molar-refractivity contribution < 1.29 is 9.53 Å². The van der Waals surface area contributed by atoms with Gasteiger partial charge in [0, 0.05) is 10.6 Å². The van der Waals surface area contributed by atoms with E-state index >= 15 is 0 Å². The maximum atomic E-state index is 12.2. The fourth-order valence-corrected chi connectivity index (χ4v) is 2.07. The second-order valence-electron chi connectivity index (χ2n) is 4.63. The molecule has 0 saturated heterocycles. The summed E-state index contributed by atoms with van der Waals surface area (Å²) in [5, 5.41) is 0.616. The molecule has 0 heterocycles. The van der Waals surface area contributed by atoms with Crippen molar-refractivity contribution in [2.45, 2.75) is 26.4 Å². The van der Waals surface area contributed by atoms with Crippen molar-refractivity contribution in [3.8, 4) is 5.75 Å². The van der Waals surface area contributed by atoms with Crippen molar-refractivity contribution in [1.29, 1.82) is 0 Å². The number of ketones is 1. The standard InChI is InChI=1S/C17H17ClO2/c1-3-13-5-4-6-16(11-13)20-12(2)17(19)14-7-9-15(18)10-8-14/h4-12H,3H2,1-2H3. The molecule has 2 aromatic rings. The molecule has 1 atom stereocenters. The molecule has 0 aliphatic rings. The van der Waals surface area contributed by atoms with Crippen LogP contribution in [0.2, 0.25) is 5.02 Å². The Balaban J connectivity index is 2.09. The molecule has 1 unspecified atom stereocenters. The molecule has 0 fully saturated rings. The fraction of sp³-hybridized carbons (Fsp3) is 0.235. The summed E-state index contributed by atoms with van der Waals surface area (Å²) in [5.74, 6) is 0.669. The number of aryl methyl sites for hydroxylation is 1. The molecule has 0 radical (unpaired) electrons. The molecule has 0 amide bonds. The zero-order valence-electron chi connectivity index (χ0n) is 11.6. The van der Waals surface area contributed by atoms with Crippen LogP contribution in [0, 0.1) is 0 Å². The maximum absolute atomic E-state index is 12.2. The van der Waals surface area contributed by atoms with Gasteiger partial charge in [-0.15, -0.1) is 0 Å². The molecule has 0 bridgehead atoms. The van der Waals surface area contributed by atoms with Crippen LogP contribution in [0.1, 0.15) is 29.8 Å². The lowest BCUT2D eigenvalue weighted by Gasteiger charge is -2.14. The summed E-state index contributed by atoms with van der Waals surface area (Å²) >= 11 is 5.82. The van der Waals surface area contributed by atoms with Crippen molar-refractivity contribution in [2.75, 3.05) is 0 Å². The minimum Gasteiger partial charge on any atom is -0.483 e. The predicted molar refractivity (Wildman–Crippen MR) is 81.7 cm³/mol. The van der Waals surface area contributed by atoms with Crippen LogP contribution in [0.15, 0.2) is 48.5 Å². The highest BCUT2D eigenvalue weighted by atomic mass is 35.5. The molecule has 2 rings (SSSR count). The Morgan fingerprint density at radius 1 is 1.20 bits per heavy atom. The number of hydrogen-bond donors (Lipinski definition) is 0. The molecule has 0 aromatic heterocycles. The van der Waals surface area contributed by atoms with Gasteiger partial charge in [0.05, 0.1) is 0 Å². The van der Waals surface area contributed by atoms with E-state index in [1.807, 2.05) is 24.3 Å². The molecule has 0 aliphatic heterocycles. The second kappa shape index (κ2) is 6.58. The average Bonchev–Trinajstić information content (AvgIpc) is 2.47. The minimum absolute atomic E-state index is 0.0523. The first-order valence-corrected chi connectivity index (χ1v) is 7.03. The summed E-state index contributed by atoms with van der Waals surface area (Å²) in [6, 6.07) is 14.7. The van der Waals surface area contributed by atoms with Gasteiger partial charge in [-0.3, -0.25) is 4.79 Å². The summed E-state index contributed by atoms with van der Waals surface area (Å²) in [5.41, 5.74) is 1.79. The Morgan fingerprint density at radius 3 is 2.55 bits per heavy atom. The molecule has 104 valence electrons. The first-order chi connectivity index (χ1) is 9.60. The molecule has 20 heavy (non-hydrogen) atoms. The van der Waals surface area contributed by atoms with Gasteiger partial charge in [0.25, 0.3) is 0 Å². The lowest BCUT2D eigenvalue weighted by atomic mass is 10.1. The van der Waals surface area contributed by atoms with E-state index in [9.17, 15) is 4.79 Å². The van der Waals surface area contributed by atoms with Gasteiger partial charge in [0.15, 0.2) is 6.10 Å². The van der Waals surface area contributed by atoms with Gasteiger partial charge in [-0.25, -0.2) is 0 Å². The monoisotopic (exact) mass is 288 g/mol. The van der Waals surface area contributed by atoms with E-state index < -0.39 is 6.10 Å². The Hall–Kier alpha value is -1.80. The van der Waals surface area contributed by atoms with E-state index in [-0.39, 0.29) is 5.78 Å². The number of carbonyl (C=O) groups is 1. The maximum Gasteiger partial charge on any atom is 0.202 e. The number of rotatable bonds is 5. The Labute approximate surface area is 124 Å². The molecule has 0 N–H and O–H groups in total. The topological polar surface area (TPSA) is 26.3 Å². The van der Waals surface area contributed by atoms with Gasteiger partial charge in [0.2, 0.25) is 5.78 Å². The molecule has 2 aromatic carbocycles. The highest BCUT2D eigenvalue weighted by Gasteiger charge is 2.16. The summed E-state index contributed by atoms with van der Waals surface area (Å²) in [6.07, 6.45) is 0.416. The van der Waals surface area contributed by atoms with Gasteiger partial charge >= 0.3 is 0 Å². The van der Waals surface area contributed by atoms with Crippen LogP contribution in [0.4, 0.5) is 0 Å². The fourth-order valence-electron chi connectivity index (χ4n) is 1.95. The largest absolute Gasteiger partial charge is 0.483 e. The number of carbonyl (C=O) groups excluding carboxylic acids is 1. The van der Waals surface area contributed by atoms with Crippen molar-refractivity contribution in [1.82, 2.24) is 0 Å². The van der Waals surface area contributed by atoms with Crippen LogP contribution in [0.3, 0.4) is 0 Å². The van der Waals surface area contributed by atoms with Gasteiger partial charge in [0.1, 0.15) is 5.75 Å². The molecular formula is C17H17ClO2. The van der Waals surface area contributed by atoms with Gasteiger partial charge < -0.3 is 4.74 Å². The summed E-state index contributed by atoms with van der Waals surface area (Å²) in [7, 11) is 0. The number of ether oxygens (including phenoxy) is 1. The van der Waals surface area contributed by atoms with Crippen molar-refractivity contribution in [3.05, 3.63) is 64.7 Å². The summed E-state index contributed by atoms with van der Waals surface area (Å²) in [4.78, 5) is 12.2. The zero-order chi connectivity index (χ0) is 14.5. The van der Waals surface area contributed by atoms with Gasteiger partial charge in [-0.1, -0.05) is 30.7 Å². The Kier molecular flexibility index (Phi) is 4.80. The zero-order valence-corrected chi connectivity index (χ0v) is 12.4. The van der Waals surface area contributed by atoms with Crippen LogP contribution < -0.4 is 4.74 Å². The third-order valence-electron chi connectivity index (χ3n) is 3.12. The van der Waals surface area contributed by atoms with Crippen molar-refractivity contribution >= 4 is 17.4 Å². The van der Waals surface area contributed by atoms with Crippen LogP contribution >= 0.6 is 11.6 Å². The summed E-state index contributed by atoms with van der Waals surface area (Å²) < 4.78 is 5.72. The van der Waals surface area contributed by atoms with E-state index in [0.717, 1.165) is 12.2 Å². The van der Waals surface area contributed by atoms with E-state index in [1.165, 1.54) is 5.56 Å². The first-order valence-electron chi connectivity index (χ1n) is 6.65. The predicted octanol–water partition coefficient (Wildman–Crippen LogP) is 4.55. The SMILES string of the molecule is CCc1cccc(OC(C)C(=O)c2ccc(Cl)cc2)c1. The smallest absolute Gasteiger partial charge is 0.202 e. The average molecular weight is 289 g/mol. The van der Waals surface area contributed by atoms with E-state index in [0.29, 0.717) is 10.6 Å². The third-order valence-corrected chi connectivity index (χ3v) is 3.37. The van der Waals surface area contributed by atoms with E-state index in [2.05, 4.69) is 6.92 Å². The highest BCUT2D eigenvalue weighted by Crippen LogP contribution is 2.18. The number of Topliss-reactive ketones (excluding diaryl/α,β-unsaturated/α-hetero) is 1. The lowest BCUT2D eigenvalue weighted by Crippen LogP contribution is -2.23. The van der Waals surface area contributed by atoms with Crippen LogP contribution in [-0.2, 0) is 6.42 Å². The number of hydrogen-bond acceptors (Lipinski definition) is 2. The van der Waals surface area contributed by atoms with Crippen molar-refractivity contribution in [2.24, 2.45) is 0 Å². The molecular weight excluding hydrogens is 272 g/mol. The normalized spacial score (nSPS) is 11.9. The molecule has 0 spiro atoms. The van der Waals surface area contributed by atoms with Crippen LogP contribution in [0.5, 0.6) is 5.75 Å². The van der Waals surface area contributed by atoms with Gasteiger partial charge in [-0.05, 0) is 55.3 Å². The molecule has 3 heteroatoms. The van der Waals surface area contributed by atoms with Gasteiger partial charge in [-0.2, -0.15) is 0 Å². The third kappa shape index (κ3) is 3.61. The van der Waals surface area contributed by atoms with Crippen molar-refractivity contribution in [3.63, 3.8) is 0 Å². The molecule has 2 nitrogen and oxygen atoms in total. The Morgan fingerprint density at radius 2 is 1.90 bits per heavy atom. The highest BCUT2D eigenvalue weighted by molar-refractivity contribution is 6.30. The number of halogens is 1. The molecule has 0 saturated carbocycles. The van der Waals surface area contributed by atoms with E-state index in [4.69, 9.17) is 16.3 Å². The lowest BCUT2D eigenvalue weighted by molar-refractivity contribution is 0.0818. The molecule has 0 aliphatic carbocycles. The van der Waals surface area contributed by atoms with Crippen LogP contribution in [0.25, 0.3) is 0 Å². The summed E-state index contributed by atoms with van der Waals surface area (Å²) in [6.45, 7) is 3.84.